The van der Waals surface area contributed by atoms with Crippen molar-refractivity contribution in [2.24, 2.45) is 0 Å². The normalized spacial score (nSPS) is 10.7. The highest BCUT2D eigenvalue weighted by molar-refractivity contribution is 6.31. The molecule has 0 aliphatic rings. The monoisotopic (exact) mass is 417 g/mol. The number of methoxy groups -OCH3 is 1. The molecule has 0 bridgehead atoms. The van der Waals surface area contributed by atoms with Crippen molar-refractivity contribution in [3.63, 3.8) is 0 Å². The van der Waals surface area contributed by atoms with Crippen LogP contribution >= 0.6 is 11.6 Å². The van der Waals surface area contributed by atoms with Crippen molar-refractivity contribution >= 4 is 17.4 Å². The van der Waals surface area contributed by atoms with Gasteiger partial charge in [0.1, 0.15) is 34.8 Å². The summed E-state index contributed by atoms with van der Waals surface area (Å²) in [6.45, 7) is 5.34. The fourth-order valence-electron chi connectivity index (χ4n) is 2.84. The lowest BCUT2D eigenvalue weighted by molar-refractivity contribution is 0.298. The molecule has 3 aromatic rings. The molecular weight excluding hydrogens is 400 g/mol. The molecule has 0 radical (unpaired) electrons. The Bertz CT molecular complexity index is 1140. The predicted molar refractivity (Wildman–Crippen MR) is 109 cm³/mol. The van der Waals surface area contributed by atoms with Crippen molar-refractivity contribution in [2.45, 2.75) is 13.5 Å². The first kappa shape index (κ1) is 20.6. The SMILES string of the molecule is C=C(OC)c1cccc(-n2c(C)cc(OCc3ccc(F)cc3F)c(Cl)c2=O)c1. The van der Waals surface area contributed by atoms with Crippen molar-refractivity contribution < 1.29 is 18.3 Å². The second-order valence-corrected chi connectivity index (χ2v) is 6.68. The maximum atomic E-state index is 13.8. The Hall–Kier alpha value is -3.12. The number of aryl methyl sites for hydroxylation is 1. The molecule has 4 nitrogen and oxygen atoms in total. The molecule has 1 heterocycles. The van der Waals surface area contributed by atoms with Gasteiger partial charge < -0.3 is 9.47 Å². The summed E-state index contributed by atoms with van der Waals surface area (Å²) in [7, 11) is 1.51. The minimum atomic E-state index is -0.735. The minimum Gasteiger partial charge on any atom is -0.497 e. The van der Waals surface area contributed by atoms with E-state index in [-0.39, 0.29) is 22.9 Å². The number of rotatable bonds is 6. The van der Waals surface area contributed by atoms with Crippen LogP contribution in [0.3, 0.4) is 0 Å². The summed E-state index contributed by atoms with van der Waals surface area (Å²) in [5.41, 5.74) is 1.53. The molecule has 0 saturated carbocycles. The van der Waals surface area contributed by atoms with Crippen LogP contribution in [0, 0.1) is 18.6 Å². The summed E-state index contributed by atoms with van der Waals surface area (Å²) in [4.78, 5) is 12.9. The van der Waals surface area contributed by atoms with E-state index in [1.165, 1.54) is 17.7 Å². The van der Waals surface area contributed by atoms with E-state index in [1.807, 2.05) is 6.07 Å². The Kier molecular flexibility index (Phi) is 6.03. The van der Waals surface area contributed by atoms with Crippen molar-refractivity contribution in [1.29, 1.82) is 0 Å². The molecule has 0 atom stereocenters. The lowest BCUT2D eigenvalue weighted by Crippen LogP contribution is -2.22. The largest absolute Gasteiger partial charge is 0.497 e. The van der Waals surface area contributed by atoms with E-state index in [9.17, 15) is 13.6 Å². The molecule has 0 fully saturated rings. The number of ether oxygens (including phenoxy) is 2. The summed E-state index contributed by atoms with van der Waals surface area (Å²) >= 11 is 6.23. The van der Waals surface area contributed by atoms with Gasteiger partial charge in [-0.1, -0.05) is 30.3 Å². The number of benzene rings is 2. The molecule has 150 valence electrons. The van der Waals surface area contributed by atoms with Gasteiger partial charge in [-0.3, -0.25) is 9.36 Å². The molecule has 7 heteroatoms. The van der Waals surface area contributed by atoms with E-state index < -0.39 is 17.2 Å². The Balaban J connectivity index is 1.95. The van der Waals surface area contributed by atoms with Gasteiger partial charge >= 0.3 is 0 Å². The third-order valence-electron chi connectivity index (χ3n) is 4.37. The van der Waals surface area contributed by atoms with Crippen LogP contribution in [-0.2, 0) is 11.3 Å². The van der Waals surface area contributed by atoms with Crippen molar-refractivity contribution in [1.82, 2.24) is 4.57 Å². The first-order valence-electron chi connectivity index (χ1n) is 8.64. The first-order valence-corrected chi connectivity index (χ1v) is 9.02. The average Bonchev–Trinajstić information content (AvgIpc) is 2.70. The molecule has 1 aromatic heterocycles. The van der Waals surface area contributed by atoms with Crippen molar-refractivity contribution in [2.75, 3.05) is 7.11 Å². The Labute approximate surface area is 171 Å². The summed E-state index contributed by atoms with van der Waals surface area (Å²) in [5.74, 6) is -0.834. The predicted octanol–water partition coefficient (Wildman–Crippen LogP) is 5.27. The maximum Gasteiger partial charge on any atom is 0.277 e. The van der Waals surface area contributed by atoms with Gasteiger partial charge in [-0.05, 0) is 31.2 Å². The maximum absolute atomic E-state index is 13.8. The lowest BCUT2D eigenvalue weighted by Gasteiger charge is -2.15. The van der Waals surface area contributed by atoms with E-state index >= 15 is 0 Å². The third-order valence-corrected chi connectivity index (χ3v) is 4.72. The van der Waals surface area contributed by atoms with Crippen LogP contribution in [-0.4, -0.2) is 11.7 Å². The van der Waals surface area contributed by atoms with E-state index in [2.05, 4.69) is 6.58 Å². The molecule has 29 heavy (non-hydrogen) atoms. The Morgan fingerprint density at radius 2 is 1.93 bits per heavy atom. The number of halogens is 3. The zero-order chi connectivity index (χ0) is 21.1. The highest BCUT2D eigenvalue weighted by Crippen LogP contribution is 2.26. The van der Waals surface area contributed by atoms with Crippen molar-refractivity contribution in [3.8, 4) is 11.4 Å². The summed E-state index contributed by atoms with van der Waals surface area (Å²) in [5, 5.41) is -0.144. The summed E-state index contributed by atoms with van der Waals surface area (Å²) in [6, 6.07) is 11.9. The van der Waals surface area contributed by atoms with Gasteiger partial charge in [0, 0.05) is 34.6 Å². The summed E-state index contributed by atoms with van der Waals surface area (Å²) in [6.07, 6.45) is 0. The second kappa shape index (κ2) is 8.49. The highest BCUT2D eigenvalue weighted by atomic mass is 35.5. The second-order valence-electron chi connectivity index (χ2n) is 6.31. The van der Waals surface area contributed by atoms with Crippen LogP contribution in [0.5, 0.6) is 5.75 Å². The number of pyridine rings is 1. The number of hydrogen-bond acceptors (Lipinski definition) is 3. The minimum absolute atomic E-state index is 0.117. The zero-order valence-corrected chi connectivity index (χ0v) is 16.6. The van der Waals surface area contributed by atoms with Crippen LogP contribution in [0.15, 0.2) is 59.9 Å². The molecule has 0 saturated heterocycles. The van der Waals surface area contributed by atoms with E-state index in [1.54, 1.807) is 31.2 Å². The van der Waals surface area contributed by atoms with Gasteiger partial charge in [0.2, 0.25) is 0 Å². The molecule has 2 aromatic carbocycles. The standard InChI is InChI=1S/C22H18ClF2NO3/c1-13-9-20(29-12-16-7-8-17(24)11-19(16)25)21(23)22(27)26(13)18-6-4-5-15(10-18)14(2)28-3/h4-11H,2,12H2,1,3H3. The smallest absolute Gasteiger partial charge is 0.277 e. The number of aromatic nitrogens is 1. The van der Waals surface area contributed by atoms with Crippen LogP contribution in [0.25, 0.3) is 11.4 Å². The molecule has 0 aliphatic heterocycles. The van der Waals surface area contributed by atoms with Gasteiger partial charge in [-0.25, -0.2) is 8.78 Å². The highest BCUT2D eigenvalue weighted by Gasteiger charge is 2.15. The van der Waals surface area contributed by atoms with Crippen LogP contribution in [0.1, 0.15) is 16.8 Å². The van der Waals surface area contributed by atoms with Gasteiger partial charge in [0.05, 0.1) is 7.11 Å². The van der Waals surface area contributed by atoms with Gasteiger partial charge in [-0.15, -0.1) is 0 Å². The van der Waals surface area contributed by atoms with E-state index in [0.717, 1.165) is 17.7 Å². The topological polar surface area (TPSA) is 40.5 Å². The molecule has 3 rings (SSSR count). The van der Waals surface area contributed by atoms with Crippen LogP contribution in [0.2, 0.25) is 5.02 Å². The average molecular weight is 418 g/mol. The zero-order valence-electron chi connectivity index (χ0n) is 15.8. The molecule has 0 aliphatic carbocycles. The number of nitrogens with zero attached hydrogens (tertiary/aromatic N) is 1. The third kappa shape index (κ3) is 4.32. The first-order chi connectivity index (χ1) is 13.8. The molecule has 0 N–H and O–H groups in total. The fourth-order valence-corrected chi connectivity index (χ4v) is 3.03. The molecule has 0 unspecified atom stereocenters. The van der Waals surface area contributed by atoms with Crippen molar-refractivity contribution in [3.05, 3.63) is 98.9 Å². The van der Waals surface area contributed by atoms with Gasteiger partial charge in [0.15, 0.2) is 0 Å². The summed E-state index contributed by atoms with van der Waals surface area (Å²) < 4.78 is 38.9. The van der Waals surface area contributed by atoms with Gasteiger partial charge in [-0.2, -0.15) is 0 Å². The fraction of sp³-hybridized carbons (Fsp3) is 0.136. The molecule has 0 spiro atoms. The molecular formula is C22H18ClF2NO3. The molecule has 0 amide bonds. The quantitative estimate of drug-likeness (QED) is 0.513. The van der Waals surface area contributed by atoms with E-state index in [4.69, 9.17) is 21.1 Å². The number of hydrogen-bond donors (Lipinski definition) is 0. The van der Waals surface area contributed by atoms with Crippen LogP contribution < -0.4 is 10.3 Å². The Morgan fingerprint density at radius 1 is 1.17 bits per heavy atom. The van der Waals surface area contributed by atoms with Crippen LogP contribution in [0.4, 0.5) is 8.78 Å². The Morgan fingerprint density at radius 3 is 2.62 bits per heavy atom. The van der Waals surface area contributed by atoms with Gasteiger partial charge in [0.25, 0.3) is 5.56 Å². The van der Waals surface area contributed by atoms with E-state index in [0.29, 0.717) is 17.1 Å². The lowest BCUT2D eigenvalue weighted by atomic mass is 10.1.